The number of carbonyl (C=O) groups excluding carboxylic acids is 1. The van der Waals surface area contributed by atoms with Crippen molar-refractivity contribution >= 4 is 6.16 Å². The largest absolute Gasteiger partial charge is 0.507 e. The van der Waals surface area contributed by atoms with Gasteiger partial charge in [-0.05, 0) is 19.3 Å². The van der Waals surface area contributed by atoms with Crippen molar-refractivity contribution in [2.24, 2.45) is 10.8 Å². The van der Waals surface area contributed by atoms with E-state index >= 15 is 0 Å². The minimum Gasteiger partial charge on any atom is -0.438 e. The molecule has 0 amide bonds. The summed E-state index contributed by atoms with van der Waals surface area (Å²) in [6, 6.07) is 2.30. The van der Waals surface area contributed by atoms with Gasteiger partial charge in [-0.25, -0.2) is 4.79 Å². The van der Waals surface area contributed by atoms with E-state index in [2.05, 4.69) is 10.8 Å². The van der Waals surface area contributed by atoms with E-state index in [1.54, 1.807) is 0 Å². The van der Waals surface area contributed by atoms with E-state index < -0.39 is 6.16 Å². The molecule has 3 aliphatic rings. The van der Waals surface area contributed by atoms with Gasteiger partial charge in [0.25, 0.3) is 0 Å². The van der Waals surface area contributed by atoms with Gasteiger partial charge in [0, 0.05) is 5.41 Å². The Hall–Kier alpha value is -1.24. The Bertz CT molecular complexity index is 272. The molecule has 4 nitrogen and oxygen atoms in total. The van der Waals surface area contributed by atoms with Crippen molar-refractivity contribution in [3.8, 4) is 6.07 Å². The van der Waals surface area contributed by atoms with E-state index in [1.807, 2.05) is 0 Å². The third-order valence-corrected chi connectivity index (χ3v) is 3.04. The number of rotatable bonds is 2. The van der Waals surface area contributed by atoms with Gasteiger partial charge in [0.2, 0.25) is 0 Å². The maximum absolute atomic E-state index is 10.7. The Morgan fingerprint density at radius 1 is 1.54 bits per heavy atom. The summed E-state index contributed by atoms with van der Waals surface area (Å²) in [5.41, 5.74) is 0.0450. The summed E-state index contributed by atoms with van der Waals surface area (Å²) in [6.45, 7) is 0.406. The van der Waals surface area contributed by atoms with Gasteiger partial charge in [-0.15, -0.1) is 0 Å². The lowest BCUT2D eigenvalue weighted by atomic mass is 9.36. The van der Waals surface area contributed by atoms with E-state index in [0.717, 1.165) is 19.3 Å². The fourth-order valence-electron chi connectivity index (χ4n) is 2.54. The normalized spacial score (nSPS) is 39.4. The second-order valence-electron chi connectivity index (χ2n) is 4.17. The predicted octanol–water partition coefficient (Wildman–Crippen LogP) is 1.46. The summed E-state index contributed by atoms with van der Waals surface area (Å²) < 4.78 is 9.21. The molecule has 0 N–H and O–H groups in total. The highest BCUT2D eigenvalue weighted by Crippen LogP contribution is 2.72. The molecular weight excluding hydrogens is 170 g/mol. The number of methoxy groups -OCH3 is 1. The molecule has 70 valence electrons. The summed E-state index contributed by atoms with van der Waals surface area (Å²) in [7, 11) is 1.29. The average Bonchev–Trinajstić information content (AvgIpc) is 2.00. The van der Waals surface area contributed by atoms with Crippen molar-refractivity contribution < 1.29 is 14.3 Å². The topological polar surface area (TPSA) is 59.3 Å². The molecule has 2 bridgehead atoms. The number of carbonyl (C=O) groups is 1. The Kier molecular flexibility index (Phi) is 1.53. The van der Waals surface area contributed by atoms with Crippen LogP contribution in [-0.2, 0) is 9.47 Å². The fourth-order valence-corrected chi connectivity index (χ4v) is 2.54. The molecule has 3 saturated carbocycles. The van der Waals surface area contributed by atoms with E-state index in [-0.39, 0.29) is 10.8 Å². The quantitative estimate of drug-likeness (QED) is 0.605. The molecule has 0 aliphatic heterocycles. The number of hydrogen-bond donors (Lipinski definition) is 0. The summed E-state index contributed by atoms with van der Waals surface area (Å²) in [5.74, 6) is 0. The van der Waals surface area contributed by atoms with Crippen LogP contribution in [-0.4, -0.2) is 19.9 Å². The van der Waals surface area contributed by atoms with Gasteiger partial charge in [-0.2, -0.15) is 5.26 Å². The Labute approximate surface area is 76.4 Å². The summed E-state index contributed by atoms with van der Waals surface area (Å²) in [6.07, 6.45) is 2.02. The van der Waals surface area contributed by atoms with Crippen molar-refractivity contribution in [2.45, 2.75) is 19.3 Å². The summed E-state index contributed by atoms with van der Waals surface area (Å²) in [5, 5.41) is 8.74. The van der Waals surface area contributed by atoms with Crippen LogP contribution in [0.1, 0.15) is 19.3 Å². The van der Waals surface area contributed by atoms with Gasteiger partial charge < -0.3 is 9.47 Å². The molecule has 0 aromatic carbocycles. The first kappa shape index (κ1) is 8.36. The minimum atomic E-state index is -0.629. The van der Waals surface area contributed by atoms with Gasteiger partial charge in [0.1, 0.15) is 6.61 Å². The molecule has 0 saturated heterocycles. The van der Waals surface area contributed by atoms with Crippen LogP contribution in [0, 0.1) is 22.2 Å². The zero-order chi connectivity index (χ0) is 9.53. The molecule has 13 heavy (non-hydrogen) atoms. The van der Waals surface area contributed by atoms with Crippen molar-refractivity contribution in [3.05, 3.63) is 0 Å². The van der Waals surface area contributed by atoms with Crippen LogP contribution in [0.25, 0.3) is 0 Å². The first-order valence-corrected chi connectivity index (χ1v) is 4.26. The molecule has 0 unspecified atom stereocenters. The highest BCUT2D eigenvalue weighted by atomic mass is 16.7. The van der Waals surface area contributed by atoms with E-state index in [9.17, 15) is 4.79 Å². The molecular formula is C9H11NO3. The number of nitrogens with zero attached hydrogens (tertiary/aromatic N) is 1. The number of nitriles is 1. The lowest BCUT2D eigenvalue weighted by Gasteiger charge is -2.66. The SMILES string of the molecule is COC(=O)OCC12CC(C#N)(C1)C2. The van der Waals surface area contributed by atoms with Gasteiger partial charge in [-0.3, -0.25) is 0 Å². The molecule has 3 aliphatic carbocycles. The lowest BCUT2D eigenvalue weighted by Crippen LogP contribution is -2.63. The van der Waals surface area contributed by atoms with Crippen LogP contribution in [0.2, 0.25) is 0 Å². The highest BCUT2D eigenvalue weighted by Gasteiger charge is 2.68. The van der Waals surface area contributed by atoms with Gasteiger partial charge >= 0.3 is 6.16 Å². The molecule has 0 heterocycles. The van der Waals surface area contributed by atoms with Gasteiger partial charge in [0.15, 0.2) is 0 Å². The van der Waals surface area contributed by atoms with Gasteiger partial charge in [-0.1, -0.05) is 0 Å². The van der Waals surface area contributed by atoms with E-state index in [1.165, 1.54) is 7.11 Å². The molecule has 0 spiro atoms. The third kappa shape index (κ3) is 1.07. The molecule has 0 atom stereocenters. The summed E-state index contributed by atoms with van der Waals surface area (Å²) >= 11 is 0. The summed E-state index contributed by atoms with van der Waals surface area (Å²) in [4.78, 5) is 10.7. The second kappa shape index (κ2) is 2.38. The van der Waals surface area contributed by atoms with Crippen molar-refractivity contribution in [1.82, 2.24) is 0 Å². The monoisotopic (exact) mass is 181 g/mol. The first-order chi connectivity index (χ1) is 6.14. The third-order valence-electron chi connectivity index (χ3n) is 3.04. The van der Waals surface area contributed by atoms with Crippen LogP contribution >= 0.6 is 0 Å². The lowest BCUT2D eigenvalue weighted by molar-refractivity contribution is -0.190. The average molecular weight is 181 g/mol. The first-order valence-electron chi connectivity index (χ1n) is 4.26. The number of hydrogen-bond acceptors (Lipinski definition) is 4. The molecule has 4 heteroatoms. The predicted molar refractivity (Wildman–Crippen MR) is 42.7 cm³/mol. The zero-order valence-corrected chi connectivity index (χ0v) is 7.50. The zero-order valence-electron chi connectivity index (χ0n) is 7.50. The standard InChI is InChI=1S/C9H11NO3/c1-12-7(11)13-6-9-2-8(3-9,4-9)5-10/h2-4,6H2,1H3. The maximum Gasteiger partial charge on any atom is 0.507 e. The minimum absolute atomic E-state index is 0.0700. The van der Waals surface area contributed by atoms with Crippen LogP contribution in [0.15, 0.2) is 0 Å². The van der Waals surface area contributed by atoms with Crippen molar-refractivity contribution in [1.29, 1.82) is 5.26 Å². The molecule has 3 fully saturated rings. The Morgan fingerprint density at radius 3 is 2.62 bits per heavy atom. The molecule has 3 rings (SSSR count). The van der Waals surface area contributed by atoms with Crippen LogP contribution < -0.4 is 0 Å². The molecule has 0 aromatic rings. The van der Waals surface area contributed by atoms with Crippen LogP contribution in [0.5, 0.6) is 0 Å². The Morgan fingerprint density at radius 2 is 2.15 bits per heavy atom. The highest BCUT2D eigenvalue weighted by molar-refractivity contribution is 5.59. The van der Waals surface area contributed by atoms with E-state index in [0.29, 0.717) is 6.61 Å². The fraction of sp³-hybridized carbons (Fsp3) is 0.778. The van der Waals surface area contributed by atoms with E-state index in [4.69, 9.17) is 10.00 Å². The van der Waals surface area contributed by atoms with Crippen molar-refractivity contribution in [3.63, 3.8) is 0 Å². The second-order valence-corrected chi connectivity index (χ2v) is 4.17. The molecule has 0 aromatic heterocycles. The maximum atomic E-state index is 10.7. The van der Waals surface area contributed by atoms with Crippen LogP contribution in [0.3, 0.4) is 0 Å². The van der Waals surface area contributed by atoms with Gasteiger partial charge in [0.05, 0.1) is 18.6 Å². The smallest absolute Gasteiger partial charge is 0.438 e. The Balaban J connectivity index is 1.76. The van der Waals surface area contributed by atoms with Crippen molar-refractivity contribution in [2.75, 3.05) is 13.7 Å². The number of ether oxygens (including phenoxy) is 2. The molecule has 0 radical (unpaired) electrons. The van der Waals surface area contributed by atoms with Crippen LogP contribution in [0.4, 0.5) is 4.79 Å².